The van der Waals surface area contributed by atoms with Gasteiger partial charge in [-0.3, -0.25) is 4.79 Å². The van der Waals surface area contributed by atoms with Crippen molar-refractivity contribution in [2.24, 2.45) is 0 Å². The van der Waals surface area contributed by atoms with Gasteiger partial charge < -0.3 is 4.74 Å². The van der Waals surface area contributed by atoms with Crippen LogP contribution in [0.25, 0.3) is 0 Å². The molecule has 110 valence electrons. The van der Waals surface area contributed by atoms with E-state index in [1.807, 2.05) is 37.3 Å². The SMILES string of the molecule is Cc1ccc2c(c1)CC(=O)/C=C/CC/C=C/CCOC2=O. The average Bonchev–Trinajstić information content (AvgIpc) is 2.44. The molecule has 1 aliphatic rings. The van der Waals surface area contributed by atoms with Gasteiger partial charge in [-0.15, -0.1) is 0 Å². The van der Waals surface area contributed by atoms with Crippen LogP contribution in [0.1, 0.15) is 40.7 Å². The number of benzene rings is 1. The van der Waals surface area contributed by atoms with Crippen LogP contribution in [-0.2, 0) is 16.0 Å². The van der Waals surface area contributed by atoms with Crippen LogP contribution in [0.2, 0.25) is 0 Å². The molecule has 0 amide bonds. The Labute approximate surface area is 125 Å². The molecule has 0 saturated carbocycles. The number of hydrogen-bond acceptors (Lipinski definition) is 3. The van der Waals surface area contributed by atoms with E-state index < -0.39 is 0 Å². The highest BCUT2D eigenvalue weighted by Crippen LogP contribution is 2.15. The number of ketones is 1. The van der Waals surface area contributed by atoms with Gasteiger partial charge in [0.2, 0.25) is 0 Å². The minimum atomic E-state index is -0.354. The third-order valence-electron chi connectivity index (χ3n) is 3.33. The molecule has 0 unspecified atom stereocenters. The van der Waals surface area contributed by atoms with E-state index in [-0.39, 0.29) is 18.2 Å². The number of ether oxygens (including phenoxy) is 1. The number of cyclic esters (lactones) is 1. The molecule has 1 heterocycles. The van der Waals surface area contributed by atoms with Gasteiger partial charge in [0.25, 0.3) is 0 Å². The number of carbonyl (C=O) groups is 2. The van der Waals surface area contributed by atoms with Gasteiger partial charge in [0.05, 0.1) is 12.2 Å². The molecule has 3 heteroatoms. The maximum absolute atomic E-state index is 12.1. The zero-order valence-corrected chi connectivity index (χ0v) is 12.3. The third-order valence-corrected chi connectivity index (χ3v) is 3.33. The molecule has 0 saturated heterocycles. The van der Waals surface area contributed by atoms with Crippen molar-refractivity contribution < 1.29 is 14.3 Å². The Morgan fingerprint density at radius 3 is 2.62 bits per heavy atom. The van der Waals surface area contributed by atoms with Crippen LogP contribution in [0.3, 0.4) is 0 Å². The van der Waals surface area contributed by atoms with Gasteiger partial charge in [0, 0.05) is 6.42 Å². The van der Waals surface area contributed by atoms with Gasteiger partial charge >= 0.3 is 5.97 Å². The molecule has 1 aromatic carbocycles. The quantitative estimate of drug-likeness (QED) is 0.540. The van der Waals surface area contributed by atoms with Gasteiger partial charge in [-0.1, -0.05) is 35.9 Å². The van der Waals surface area contributed by atoms with Crippen molar-refractivity contribution in [3.8, 4) is 0 Å². The second-order valence-electron chi connectivity index (χ2n) is 5.18. The summed E-state index contributed by atoms with van der Waals surface area (Å²) in [6, 6.07) is 5.49. The van der Waals surface area contributed by atoms with Crippen molar-refractivity contribution in [3.05, 3.63) is 59.2 Å². The fourth-order valence-electron chi connectivity index (χ4n) is 2.25. The molecule has 0 aromatic heterocycles. The lowest BCUT2D eigenvalue weighted by molar-refractivity contribution is -0.114. The molecule has 0 atom stereocenters. The number of rotatable bonds is 0. The normalized spacial score (nSPS) is 20.0. The number of fused-ring (bicyclic) bond motifs is 1. The summed E-state index contributed by atoms with van der Waals surface area (Å²) in [4.78, 5) is 24.1. The van der Waals surface area contributed by atoms with E-state index in [0.29, 0.717) is 12.2 Å². The molecule has 0 aliphatic carbocycles. The highest BCUT2D eigenvalue weighted by molar-refractivity contribution is 5.96. The lowest BCUT2D eigenvalue weighted by Crippen LogP contribution is -2.11. The molecule has 0 radical (unpaired) electrons. The summed E-state index contributed by atoms with van der Waals surface area (Å²) >= 11 is 0. The van der Waals surface area contributed by atoms with Crippen LogP contribution in [0.4, 0.5) is 0 Å². The summed E-state index contributed by atoms with van der Waals surface area (Å²) in [5, 5.41) is 0. The molecular weight excluding hydrogens is 264 g/mol. The van der Waals surface area contributed by atoms with Gasteiger partial charge in [0.1, 0.15) is 0 Å². The maximum Gasteiger partial charge on any atom is 0.338 e. The standard InChI is InChI=1S/C18H20O3/c1-14-9-10-17-15(12-14)13-16(19)8-6-4-2-3-5-7-11-21-18(17)20/h3,5-6,8-10,12H,2,4,7,11,13H2,1H3/b5-3+,8-6+. The Morgan fingerprint density at radius 2 is 1.76 bits per heavy atom. The lowest BCUT2D eigenvalue weighted by Gasteiger charge is -2.09. The van der Waals surface area contributed by atoms with Crippen LogP contribution >= 0.6 is 0 Å². The predicted octanol–water partition coefficient (Wildman–Crippen LogP) is 3.56. The van der Waals surface area contributed by atoms with E-state index in [4.69, 9.17) is 4.74 Å². The first-order valence-electron chi connectivity index (χ1n) is 7.28. The Hall–Kier alpha value is -2.16. The summed E-state index contributed by atoms with van der Waals surface area (Å²) < 4.78 is 5.27. The average molecular weight is 284 g/mol. The molecule has 0 fully saturated rings. The molecule has 0 N–H and O–H groups in total. The molecule has 0 spiro atoms. The second kappa shape index (κ2) is 7.58. The monoisotopic (exact) mass is 284 g/mol. The van der Waals surface area contributed by atoms with Crippen molar-refractivity contribution in [2.45, 2.75) is 32.6 Å². The van der Waals surface area contributed by atoms with E-state index in [9.17, 15) is 9.59 Å². The number of aryl methyl sites for hydroxylation is 1. The van der Waals surface area contributed by atoms with Crippen LogP contribution in [0.5, 0.6) is 0 Å². The number of hydrogen-bond donors (Lipinski definition) is 0. The van der Waals surface area contributed by atoms with E-state index in [0.717, 1.165) is 30.4 Å². The van der Waals surface area contributed by atoms with Gasteiger partial charge in [-0.2, -0.15) is 0 Å². The molecule has 3 nitrogen and oxygen atoms in total. The second-order valence-corrected chi connectivity index (χ2v) is 5.18. The van der Waals surface area contributed by atoms with E-state index >= 15 is 0 Å². The molecule has 0 bridgehead atoms. The topological polar surface area (TPSA) is 43.4 Å². The Morgan fingerprint density at radius 1 is 1.00 bits per heavy atom. The Balaban J connectivity index is 2.27. The number of carbonyl (C=O) groups excluding carboxylic acids is 2. The van der Waals surface area contributed by atoms with Gasteiger partial charge in [-0.05, 0) is 43.9 Å². The highest BCUT2D eigenvalue weighted by atomic mass is 16.5. The maximum atomic E-state index is 12.1. The van der Waals surface area contributed by atoms with Crippen molar-refractivity contribution in [1.82, 2.24) is 0 Å². The predicted molar refractivity (Wildman–Crippen MR) is 82.3 cm³/mol. The summed E-state index contributed by atoms with van der Waals surface area (Å²) in [6.07, 6.45) is 10.3. The minimum absolute atomic E-state index is 0.00990. The first-order chi connectivity index (χ1) is 10.2. The number of allylic oxidation sites excluding steroid dienone is 3. The molecular formula is C18H20O3. The fourth-order valence-corrected chi connectivity index (χ4v) is 2.25. The fraction of sp³-hybridized carbons (Fsp3) is 0.333. The van der Waals surface area contributed by atoms with E-state index in [1.165, 1.54) is 0 Å². The summed E-state index contributed by atoms with van der Waals surface area (Å²) in [7, 11) is 0. The molecule has 21 heavy (non-hydrogen) atoms. The van der Waals surface area contributed by atoms with Crippen molar-refractivity contribution >= 4 is 11.8 Å². The van der Waals surface area contributed by atoms with Crippen molar-refractivity contribution in [3.63, 3.8) is 0 Å². The van der Waals surface area contributed by atoms with Crippen molar-refractivity contribution in [1.29, 1.82) is 0 Å². The lowest BCUT2D eigenvalue weighted by atomic mass is 9.99. The summed E-state index contributed by atoms with van der Waals surface area (Å²) in [5.41, 5.74) is 2.26. The Kier molecular flexibility index (Phi) is 5.50. The van der Waals surface area contributed by atoms with E-state index in [2.05, 4.69) is 0 Å². The first-order valence-corrected chi connectivity index (χ1v) is 7.28. The van der Waals surface area contributed by atoms with Gasteiger partial charge in [-0.25, -0.2) is 4.79 Å². The zero-order chi connectivity index (χ0) is 15.1. The van der Waals surface area contributed by atoms with Crippen molar-refractivity contribution in [2.75, 3.05) is 6.61 Å². The van der Waals surface area contributed by atoms with Gasteiger partial charge in [0.15, 0.2) is 5.78 Å². The highest BCUT2D eigenvalue weighted by Gasteiger charge is 2.14. The number of esters is 1. The Bertz CT molecular complexity index is 582. The largest absolute Gasteiger partial charge is 0.462 e. The molecule has 2 rings (SSSR count). The zero-order valence-electron chi connectivity index (χ0n) is 12.3. The summed E-state index contributed by atoms with van der Waals surface area (Å²) in [6.45, 7) is 2.31. The summed E-state index contributed by atoms with van der Waals surface area (Å²) in [5.74, 6) is -0.345. The minimum Gasteiger partial charge on any atom is -0.462 e. The molecule has 1 aromatic rings. The smallest absolute Gasteiger partial charge is 0.338 e. The van der Waals surface area contributed by atoms with Crippen LogP contribution in [0.15, 0.2) is 42.5 Å². The van der Waals surface area contributed by atoms with Crippen LogP contribution in [-0.4, -0.2) is 18.4 Å². The van der Waals surface area contributed by atoms with Crippen LogP contribution < -0.4 is 0 Å². The third kappa shape index (κ3) is 4.71. The molecule has 1 aliphatic heterocycles. The van der Waals surface area contributed by atoms with Crippen LogP contribution in [0, 0.1) is 6.92 Å². The first kappa shape index (κ1) is 15.2. The van der Waals surface area contributed by atoms with E-state index in [1.54, 1.807) is 12.1 Å².